The highest BCUT2D eigenvalue weighted by molar-refractivity contribution is 6.32. The zero-order chi connectivity index (χ0) is 14.5. The zero-order valence-corrected chi connectivity index (χ0v) is 12.2. The monoisotopic (exact) mass is 289 g/mol. The predicted molar refractivity (Wildman–Crippen MR) is 80.2 cm³/mol. The smallest absolute Gasteiger partial charge is 0.253 e. The molecule has 2 aromatic rings. The molecule has 0 N–H and O–H groups in total. The van der Waals surface area contributed by atoms with E-state index < -0.39 is 0 Å². The number of hydrogen-bond acceptors (Lipinski definition) is 2. The highest BCUT2D eigenvalue weighted by atomic mass is 35.5. The first-order valence-electron chi connectivity index (χ1n) is 6.26. The molecule has 0 aliphatic carbocycles. The summed E-state index contributed by atoms with van der Waals surface area (Å²) in [5.41, 5.74) is 1.58. The third-order valence-corrected chi connectivity index (χ3v) is 3.12. The fourth-order valence-corrected chi connectivity index (χ4v) is 1.97. The number of rotatable bonds is 4. The molecule has 0 atom stereocenters. The summed E-state index contributed by atoms with van der Waals surface area (Å²) in [5.74, 6) is 0.614. The lowest BCUT2D eigenvalue weighted by molar-refractivity contribution is 0.0827. The molecule has 1 amide bonds. The van der Waals surface area contributed by atoms with E-state index in [1.807, 2.05) is 36.4 Å². The number of benzene rings is 2. The standard InChI is InChI=1S/C16H16ClNO2/c1-18(2)16(19)13-7-5-6-12(10-13)11-20-15-9-4-3-8-14(15)17/h3-10H,11H2,1-2H3. The van der Waals surface area contributed by atoms with E-state index in [0.29, 0.717) is 22.9 Å². The lowest BCUT2D eigenvalue weighted by Gasteiger charge is -2.12. The Hall–Kier alpha value is -2.00. The van der Waals surface area contributed by atoms with E-state index in [2.05, 4.69) is 0 Å². The van der Waals surface area contributed by atoms with Crippen molar-refractivity contribution >= 4 is 17.5 Å². The summed E-state index contributed by atoms with van der Waals surface area (Å²) in [4.78, 5) is 13.4. The lowest BCUT2D eigenvalue weighted by Crippen LogP contribution is -2.21. The van der Waals surface area contributed by atoms with Gasteiger partial charge in [0.25, 0.3) is 5.91 Å². The minimum Gasteiger partial charge on any atom is -0.487 e. The molecule has 0 aromatic heterocycles. The van der Waals surface area contributed by atoms with E-state index >= 15 is 0 Å². The molecule has 0 radical (unpaired) electrons. The first-order chi connectivity index (χ1) is 9.58. The summed E-state index contributed by atoms with van der Waals surface area (Å²) in [7, 11) is 3.46. The molecule has 0 fully saturated rings. The van der Waals surface area contributed by atoms with Gasteiger partial charge in [0.05, 0.1) is 5.02 Å². The normalized spacial score (nSPS) is 10.2. The number of nitrogens with zero attached hydrogens (tertiary/aromatic N) is 1. The van der Waals surface area contributed by atoms with Gasteiger partial charge in [0, 0.05) is 19.7 Å². The molecule has 0 aliphatic heterocycles. The Bertz CT molecular complexity index is 611. The molecule has 4 heteroatoms. The van der Waals surface area contributed by atoms with Gasteiger partial charge < -0.3 is 9.64 Å². The number of hydrogen-bond donors (Lipinski definition) is 0. The highest BCUT2D eigenvalue weighted by Crippen LogP contribution is 2.24. The van der Waals surface area contributed by atoms with Crippen molar-refractivity contribution in [3.05, 3.63) is 64.7 Å². The van der Waals surface area contributed by atoms with Gasteiger partial charge >= 0.3 is 0 Å². The highest BCUT2D eigenvalue weighted by Gasteiger charge is 2.08. The van der Waals surface area contributed by atoms with Gasteiger partial charge in [0.1, 0.15) is 12.4 Å². The second-order valence-corrected chi connectivity index (χ2v) is 5.03. The van der Waals surface area contributed by atoms with Crippen LogP contribution in [0.25, 0.3) is 0 Å². The number of amides is 1. The molecule has 0 saturated carbocycles. The zero-order valence-electron chi connectivity index (χ0n) is 11.5. The van der Waals surface area contributed by atoms with Gasteiger partial charge in [-0.25, -0.2) is 0 Å². The van der Waals surface area contributed by atoms with Crippen LogP contribution in [-0.2, 0) is 6.61 Å². The number of halogens is 1. The average molecular weight is 290 g/mol. The van der Waals surface area contributed by atoms with E-state index in [-0.39, 0.29) is 5.91 Å². The van der Waals surface area contributed by atoms with Crippen LogP contribution in [0, 0.1) is 0 Å². The van der Waals surface area contributed by atoms with Gasteiger partial charge in [-0.3, -0.25) is 4.79 Å². The fourth-order valence-electron chi connectivity index (χ4n) is 1.78. The molecule has 104 valence electrons. The predicted octanol–water partition coefficient (Wildman–Crippen LogP) is 3.62. The molecule has 0 spiro atoms. The largest absolute Gasteiger partial charge is 0.487 e. The summed E-state index contributed by atoms with van der Waals surface area (Å²) < 4.78 is 5.66. The third kappa shape index (κ3) is 3.52. The quantitative estimate of drug-likeness (QED) is 0.860. The molecule has 2 rings (SSSR count). The van der Waals surface area contributed by atoms with Crippen molar-refractivity contribution in [2.45, 2.75) is 6.61 Å². The van der Waals surface area contributed by atoms with Gasteiger partial charge in [-0.05, 0) is 29.8 Å². The number of carbonyl (C=O) groups excluding carboxylic acids is 1. The van der Waals surface area contributed by atoms with E-state index in [1.54, 1.807) is 31.1 Å². The van der Waals surface area contributed by atoms with Crippen LogP contribution in [0.5, 0.6) is 5.75 Å². The van der Waals surface area contributed by atoms with Crippen LogP contribution in [0.15, 0.2) is 48.5 Å². The van der Waals surface area contributed by atoms with Crippen LogP contribution >= 0.6 is 11.6 Å². The Morgan fingerprint density at radius 2 is 1.90 bits per heavy atom. The summed E-state index contributed by atoms with van der Waals surface area (Å²) in [6, 6.07) is 14.7. The van der Waals surface area contributed by atoms with Gasteiger partial charge in [-0.15, -0.1) is 0 Å². The Labute approximate surface area is 123 Å². The molecule has 20 heavy (non-hydrogen) atoms. The SMILES string of the molecule is CN(C)C(=O)c1cccc(COc2ccccc2Cl)c1. The third-order valence-electron chi connectivity index (χ3n) is 2.81. The van der Waals surface area contributed by atoms with Gasteiger partial charge in [-0.2, -0.15) is 0 Å². The summed E-state index contributed by atoms with van der Waals surface area (Å²) in [6.07, 6.45) is 0. The minimum atomic E-state index is -0.0235. The lowest BCUT2D eigenvalue weighted by atomic mass is 10.1. The molecule has 0 aliphatic rings. The Balaban J connectivity index is 2.09. The van der Waals surface area contributed by atoms with Gasteiger partial charge in [0.2, 0.25) is 0 Å². The first kappa shape index (κ1) is 14.4. The van der Waals surface area contributed by atoms with Gasteiger partial charge in [0.15, 0.2) is 0 Å². The summed E-state index contributed by atoms with van der Waals surface area (Å²) >= 11 is 6.03. The van der Waals surface area contributed by atoms with Crippen molar-refractivity contribution in [2.75, 3.05) is 14.1 Å². The molecular formula is C16H16ClNO2. The van der Waals surface area contributed by atoms with Crippen molar-refractivity contribution in [1.82, 2.24) is 4.90 Å². The van der Waals surface area contributed by atoms with Crippen molar-refractivity contribution < 1.29 is 9.53 Å². The van der Waals surface area contributed by atoms with E-state index in [1.165, 1.54) is 0 Å². The molecule has 0 heterocycles. The van der Waals surface area contributed by atoms with Crippen LogP contribution in [0.1, 0.15) is 15.9 Å². The van der Waals surface area contributed by atoms with Crippen LogP contribution in [-0.4, -0.2) is 24.9 Å². The Morgan fingerprint density at radius 1 is 1.15 bits per heavy atom. The molecule has 0 bridgehead atoms. The van der Waals surface area contributed by atoms with Crippen LogP contribution in [0.3, 0.4) is 0 Å². The minimum absolute atomic E-state index is 0.0235. The van der Waals surface area contributed by atoms with Crippen molar-refractivity contribution in [3.8, 4) is 5.75 Å². The van der Waals surface area contributed by atoms with E-state index in [9.17, 15) is 4.79 Å². The molecular weight excluding hydrogens is 274 g/mol. The Morgan fingerprint density at radius 3 is 2.60 bits per heavy atom. The van der Waals surface area contributed by atoms with Crippen molar-refractivity contribution in [3.63, 3.8) is 0 Å². The van der Waals surface area contributed by atoms with Crippen LogP contribution in [0.2, 0.25) is 5.02 Å². The van der Waals surface area contributed by atoms with Crippen LogP contribution in [0.4, 0.5) is 0 Å². The van der Waals surface area contributed by atoms with Gasteiger partial charge in [-0.1, -0.05) is 35.9 Å². The second-order valence-electron chi connectivity index (χ2n) is 4.62. The summed E-state index contributed by atoms with van der Waals surface area (Å²) in [6.45, 7) is 0.373. The maximum Gasteiger partial charge on any atom is 0.253 e. The van der Waals surface area contributed by atoms with Crippen molar-refractivity contribution in [1.29, 1.82) is 0 Å². The molecule has 0 saturated heterocycles. The maximum absolute atomic E-state index is 11.9. The molecule has 0 unspecified atom stereocenters. The number of carbonyl (C=O) groups is 1. The second kappa shape index (κ2) is 6.44. The Kier molecular flexibility index (Phi) is 4.64. The van der Waals surface area contributed by atoms with E-state index in [0.717, 1.165) is 5.56 Å². The molecule has 2 aromatic carbocycles. The number of ether oxygens (including phenoxy) is 1. The van der Waals surface area contributed by atoms with E-state index in [4.69, 9.17) is 16.3 Å². The topological polar surface area (TPSA) is 29.5 Å². The maximum atomic E-state index is 11.9. The fraction of sp³-hybridized carbons (Fsp3) is 0.188. The number of para-hydroxylation sites is 1. The first-order valence-corrected chi connectivity index (χ1v) is 6.63. The van der Waals surface area contributed by atoms with Crippen molar-refractivity contribution in [2.24, 2.45) is 0 Å². The molecule has 3 nitrogen and oxygen atoms in total. The summed E-state index contributed by atoms with van der Waals surface area (Å²) in [5, 5.41) is 0.577. The average Bonchev–Trinajstić information content (AvgIpc) is 2.46. The van der Waals surface area contributed by atoms with Crippen LogP contribution < -0.4 is 4.74 Å².